The minimum absolute atomic E-state index is 0.246. The van der Waals surface area contributed by atoms with E-state index in [4.69, 9.17) is 40.2 Å². The Hall–Kier alpha value is -2.20. The molecule has 0 saturated carbocycles. The molecule has 3 rings (SSSR count). The van der Waals surface area contributed by atoms with Crippen molar-refractivity contribution in [2.24, 2.45) is 0 Å². The first-order valence-corrected chi connectivity index (χ1v) is 9.92. The van der Waals surface area contributed by atoms with Crippen molar-refractivity contribution >= 4 is 57.8 Å². The molecule has 0 bridgehead atoms. The van der Waals surface area contributed by atoms with Crippen LogP contribution in [-0.4, -0.2) is 32.8 Å². The Morgan fingerprint density at radius 1 is 1.46 bits per heavy atom. The molecule has 2 N–H and O–H groups in total. The number of H-pyrrole nitrogens is 1. The van der Waals surface area contributed by atoms with Gasteiger partial charge in [0.1, 0.15) is 0 Å². The lowest BCUT2D eigenvalue weighted by atomic mass is 10.2. The molecule has 0 fully saturated rings. The van der Waals surface area contributed by atoms with Gasteiger partial charge in [-0.3, -0.25) is 19.8 Å². The first kappa shape index (κ1) is 20.5. The number of ether oxygens (including phenoxy) is 1. The summed E-state index contributed by atoms with van der Waals surface area (Å²) in [5.74, 6) is 0.560. The fourth-order valence-corrected chi connectivity index (χ4v) is 4.31. The third-order valence-corrected chi connectivity index (χ3v) is 5.70. The molecule has 28 heavy (non-hydrogen) atoms. The number of carbonyl (C=O) groups is 1. The van der Waals surface area contributed by atoms with E-state index in [-0.39, 0.29) is 10.0 Å². The van der Waals surface area contributed by atoms with Crippen LogP contribution < -0.4 is 10.1 Å². The summed E-state index contributed by atoms with van der Waals surface area (Å²) in [6.45, 7) is 6.07. The van der Waals surface area contributed by atoms with E-state index in [1.165, 1.54) is 30.6 Å². The largest absolute Gasteiger partial charge is 0.494 e. The maximum Gasteiger partial charge on any atom is 0.257 e. The highest BCUT2D eigenvalue weighted by molar-refractivity contribution is 7.71. The topological polar surface area (TPSA) is 84.8 Å². The minimum Gasteiger partial charge on any atom is -0.494 e. The van der Waals surface area contributed by atoms with Crippen LogP contribution >= 0.6 is 46.8 Å². The van der Waals surface area contributed by atoms with Gasteiger partial charge in [0.25, 0.3) is 5.91 Å². The quantitative estimate of drug-likeness (QED) is 0.397. The first-order chi connectivity index (χ1) is 13.3. The molecular weight excluding hydrogens is 441 g/mol. The molecule has 2 heterocycles. The Bertz CT molecular complexity index is 1100. The number of benzene rings is 1. The van der Waals surface area contributed by atoms with E-state index in [0.717, 1.165) is 4.88 Å². The minimum atomic E-state index is -0.392. The zero-order valence-corrected chi connectivity index (χ0v) is 18.0. The summed E-state index contributed by atoms with van der Waals surface area (Å²) in [6.07, 6.45) is 1.73. The lowest BCUT2D eigenvalue weighted by Gasteiger charge is -2.08. The standard InChI is InChI=1S/C17H15Cl2N5O2S2/c1-4-5-24-14(22-23-17(24)27)13-8(2)20-16(28-13)21-15(25)9-6-10(18)12(26-3)11(19)7-9/h4,6-7H,1,5H2,2-3H3,(H,23,27)(H,20,21,25). The van der Waals surface area contributed by atoms with Crippen molar-refractivity contribution in [2.75, 3.05) is 12.4 Å². The van der Waals surface area contributed by atoms with Gasteiger partial charge in [-0.25, -0.2) is 4.98 Å². The second-order valence-corrected chi connectivity index (χ2v) is 7.81. The fourth-order valence-electron chi connectivity index (χ4n) is 2.50. The summed E-state index contributed by atoms with van der Waals surface area (Å²) in [4.78, 5) is 17.8. The molecule has 0 unspecified atom stereocenters. The predicted molar refractivity (Wildman–Crippen MR) is 114 cm³/mol. The second-order valence-electron chi connectivity index (χ2n) is 5.61. The number of hydrogen-bond donors (Lipinski definition) is 2. The Morgan fingerprint density at radius 2 is 2.14 bits per heavy atom. The van der Waals surface area contributed by atoms with Gasteiger partial charge in [-0.1, -0.05) is 40.6 Å². The third kappa shape index (κ3) is 3.97. The molecular formula is C17H15Cl2N5O2S2. The van der Waals surface area contributed by atoms with Gasteiger partial charge in [-0.05, 0) is 31.3 Å². The van der Waals surface area contributed by atoms with Crippen LogP contribution in [0.2, 0.25) is 10.0 Å². The van der Waals surface area contributed by atoms with Gasteiger partial charge in [0.2, 0.25) is 0 Å². The van der Waals surface area contributed by atoms with Crippen molar-refractivity contribution in [1.82, 2.24) is 19.7 Å². The zero-order chi connectivity index (χ0) is 20.4. The van der Waals surface area contributed by atoms with Gasteiger partial charge in [0.05, 0.1) is 27.7 Å². The summed E-state index contributed by atoms with van der Waals surface area (Å²) < 4.78 is 7.38. The number of nitrogens with one attached hydrogen (secondary N) is 2. The van der Waals surface area contributed by atoms with Crippen molar-refractivity contribution in [3.8, 4) is 16.5 Å². The number of aromatic amines is 1. The maximum absolute atomic E-state index is 12.6. The van der Waals surface area contributed by atoms with Crippen LogP contribution in [-0.2, 0) is 6.54 Å². The monoisotopic (exact) mass is 455 g/mol. The summed E-state index contributed by atoms with van der Waals surface area (Å²) in [7, 11) is 1.45. The number of anilines is 1. The molecule has 0 aliphatic rings. The van der Waals surface area contributed by atoms with Gasteiger partial charge in [0.15, 0.2) is 21.5 Å². The van der Waals surface area contributed by atoms with Crippen molar-refractivity contribution in [1.29, 1.82) is 0 Å². The van der Waals surface area contributed by atoms with Gasteiger partial charge in [-0.2, -0.15) is 5.10 Å². The molecule has 0 aliphatic carbocycles. The number of nitrogens with zero attached hydrogens (tertiary/aromatic N) is 3. The van der Waals surface area contributed by atoms with Gasteiger partial charge in [-0.15, -0.1) is 6.58 Å². The smallest absolute Gasteiger partial charge is 0.257 e. The average molecular weight is 456 g/mol. The number of methoxy groups -OCH3 is 1. The molecule has 146 valence electrons. The Morgan fingerprint density at radius 3 is 2.75 bits per heavy atom. The fraction of sp³-hybridized carbons (Fsp3) is 0.176. The van der Waals surface area contributed by atoms with E-state index in [2.05, 4.69) is 27.1 Å². The van der Waals surface area contributed by atoms with Crippen molar-refractivity contribution in [3.63, 3.8) is 0 Å². The van der Waals surface area contributed by atoms with Crippen molar-refractivity contribution < 1.29 is 9.53 Å². The van der Waals surface area contributed by atoms with Crippen LogP contribution in [0.25, 0.3) is 10.7 Å². The van der Waals surface area contributed by atoms with E-state index in [0.29, 0.717) is 39.3 Å². The number of aromatic nitrogens is 4. The van der Waals surface area contributed by atoms with E-state index in [9.17, 15) is 4.79 Å². The SMILES string of the molecule is C=CCn1c(-c2sc(NC(=O)c3cc(Cl)c(OC)c(Cl)c3)nc2C)n[nH]c1=S. The molecule has 2 aromatic heterocycles. The number of aryl methyl sites for hydroxylation is 1. The van der Waals surface area contributed by atoms with E-state index in [1.54, 1.807) is 10.6 Å². The summed E-state index contributed by atoms with van der Waals surface area (Å²) in [5, 5.41) is 10.7. The van der Waals surface area contributed by atoms with Crippen LogP contribution in [0.1, 0.15) is 16.1 Å². The van der Waals surface area contributed by atoms with Crippen LogP contribution in [0.4, 0.5) is 5.13 Å². The van der Waals surface area contributed by atoms with Crippen molar-refractivity contribution in [2.45, 2.75) is 13.5 Å². The highest BCUT2D eigenvalue weighted by atomic mass is 35.5. The Kier molecular flexibility index (Phi) is 6.19. The van der Waals surface area contributed by atoms with E-state index in [1.807, 2.05) is 6.92 Å². The predicted octanol–water partition coefficient (Wildman–Crippen LogP) is 5.13. The normalized spacial score (nSPS) is 10.7. The molecule has 3 aromatic rings. The van der Waals surface area contributed by atoms with Crippen molar-refractivity contribution in [3.05, 3.63) is 50.9 Å². The molecule has 0 radical (unpaired) electrons. The Balaban J connectivity index is 1.89. The molecule has 0 spiro atoms. The molecule has 0 saturated heterocycles. The van der Waals surface area contributed by atoms with Gasteiger partial charge >= 0.3 is 0 Å². The molecule has 7 nitrogen and oxygen atoms in total. The number of rotatable bonds is 6. The summed E-state index contributed by atoms with van der Waals surface area (Å²) in [6, 6.07) is 2.97. The lowest BCUT2D eigenvalue weighted by Crippen LogP contribution is -2.12. The maximum atomic E-state index is 12.6. The lowest BCUT2D eigenvalue weighted by molar-refractivity contribution is 0.102. The van der Waals surface area contributed by atoms with Gasteiger partial charge in [0, 0.05) is 12.1 Å². The number of thiazole rings is 1. The number of amides is 1. The zero-order valence-electron chi connectivity index (χ0n) is 14.9. The number of halogens is 2. The molecule has 1 aromatic carbocycles. The number of hydrogen-bond acceptors (Lipinski definition) is 6. The first-order valence-electron chi connectivity index (χ1n) is 7.94. The molecule has 11 heteroatoms. The summed E-state index contributed by atoms with van der Waals surface area (Å²) in [5.41, 5.74) is 1.00. The molecule has 1 amide bonds. The van der Waals surface area contributed by atoms with Crippen LogP contribution in [0.15, 0.2) is 24.8 Å². The van der Waals surface area contributed by atoms with Crippen LogP contribution in [0, 0.1) is 11.7 Å². The highest BCUT2D eigenvalue weighted by Gasteiger charge is 2.19. The number of allylic oxidation sites excluding steroid dienone is 1. The average Bonchev–Trinajstić information content (AvgIpc) is 3.17. The third-order valence-electron chi connectivity index (χ3n) is 3.75. The van der Waals surface area contributed by atoms with Crippen LogP contribution in [0.3, 0.4) is 0 Å². The van der Waals surface area contributed by atoms with E-state index >= 15 is 0 Å². The Labute approximate surface area is 180 Å². The second kappa shape index (κ2) is 8.44. The van der Waals surface area contributed by atoms with E-state index < -0.39 is 5.91 Å². The molecule has 0 atom stereocenters. The van der Waals surface area contributed by atoms with Crippen LogP contribution in [0.5, 0.6) is 5.75 Å². The highest BCUT2D eigenvalue weighted by Crippen LogP contribution is 2.35. The molecule has 0 aliphatic heterocycles. The number of carbonyl (C=O) groups excluding carboxylic acids is 1. The summed E-state index contributed by atoms with van der Waals surface area (Å²) >= 11 is 18.7. The van der Waals surface area contributed by atoms with Gasteiger partial charge < -0.3 is 4.74 Å².